The Morgan fingerprint density at radius 2 is 1.35 bits per heavy atom. The fourth-order valence-electron chi connectivity index (χ4n) is 6.80. The van der Waals surface area contributed by atoms with Crippen LogP contribution < -0.4 is 14.8 Å². The van der Waals surface area contributed by atoms with E-state index >= 15 is 0 Å². The summed E-state index contributed by atoms with van der Waals surface area (Å²) in [6.45, 7) is 6.91. The van der Waals surface area contributed by atoms with Gasteiger partial charge in [0, 0.05) is 45.8 Å². The molecule has 0 saturated carbocycles. The molecule has 9 heteroatoms. The summed E-state index contributed by atoms with van der Waals surface area (Å²) in [6, 6.07) is 31.8. The third-order valence-electron chi connectivity index (χ3n) is 9.43. The molecule has 2 heterocycles. The van der Waals surface area contributed by atoms with Crippen LogP contribution in [0.5, 0.6) is 17.2 Å². The minimum Gasteiger partial charge on any atom is -0.508 e. The maximum atomic E-state index is 12.3. The number of rotatable bonds is 18. The molecule has 2 amide bonds. The van der Waals surface area contributed by atoms with Gasteiger partial charge in [0.25, 0.3) is 0 Å². The third-order valence-corrected chi connectivity index (χ3v) is 9.43. The molecular formula is C43H48N2O7. The van der Waals surface area contributed by atoms with E-state index in [0.29, 0.717) is 65.6 Å². The molecule has 2 aliphatic heterocycles. The molecule has 0 radical (unpaired) electrons. The monoisotopic (exact) mass is 704 g/mol. The minimum absolute atomic E-state index is 0.188. The van der Waals surface area contributed by atoms with Gasteiger partial charge in [-0.2, -0.15) is 0 Å². The molecule has 1 saturated heterocycles. The molecule has 2 aliphatic rings. The van der Waals surface area contributed by atoms with Crippen molar-refractivity contribution in [2.45, 2.75) is 58.2 Å². The van der Waals surface area contributed by atoms with E-state index < -0.39 is 0 Å². The maximum absolute atomic E-state index is 12.3. The lowest BCUT2D eigenvalue weighted by Gasteiger charge is -2.29. The van der Waals surface area contributed by atoms with Gasteiger partial charge in [-0.1, -0.05) is 67.6 Å². The Labute approximate surface area is 306 Å². The smallest absolute Gasteiger partial charge is 0.243 e. The molecule has 6 rings (SSSR count). The lowest BCUT2D eigenvalue weighted by molar-refractivity contribution is -0.137. The van der Waals surface area contributed by atoms with Gasteiger partial charge in [-0.25, -0.2) is 0 Å². The van der Waals surface area contributed by atoms with Gasteiger partial charge < -0.3 is 24.1 Å². The number of benzene rings is 4. The zero-order valence-corrected chi connectivity index (χ0v) is 29.9. The Hall–Kier alpha value is -4.96. The van der Waals surface area contributed by atoms with Gasteiger partial charge in [0.2, 0.25) is 11.8 Å². The van der Waals surface area contributed by atoms with Crippen LogP contribution in [0.1, 0.15) is 66.8 Å². The minimum atomic E-state index is -0.259. The largest absolute Gasteiger partial charge is 0.508 e. The van der Waals surface area contributed by atoms with Crippen LogP contribution in [-0.4, -0.2) is 67.5 Å². The number of hydrogen-bond donors (Lipinski definition) is 2. The summed E-state index contributed by atoms with van der Waals surface area (Å²) in [5.41, 5.74) is 8.06. The molecule has 9 nitrogen and oxygen atoms in total. The standard InChI is InChI=1S/C43H48N2O7/c1-2-39(31-8-4-3-5-9-31)42(32-10-15-36(46)16-11-32)33-12-17-37(18-13-33)52-27-26-50-23-6-22-49-24-7-25-51-38-19-14-34-29-45(30-35(34)28-38)40-20-21-41(47)44-43(40)48/h3-5,8-19,28,40,46H,2,6-7,20-27,29-30H2,1H3,(H,44,47,48). The van der Waals surface area contributed by atoms with Crippen LogP contribution in [0.25, 0.3) is 11.1 Å². The Morgan fingerprint density at radius 1 is 0.712 bits per heavy atom. The van der Waals surface area contributed by atoms with Crippen molar-refractivity contribution < 1.29 is 33.6 Å². The van der Waals surface area contributed by atoms with Crippen LogP contribution in [0, 0.1) is 0 Å². The second-order valence-corrected chi connectivity index (χ2v) is 13.1. The van der Waals surface area contributed by atoms with Crippen molar-refractivity contribution in [2.24, 2.45) is 0 Å². The Kier molecular flexibility index (Phi) is 13.1. The molecule has 0 aromatic heterocycles. The summed E-state index contributed by atoms with van der Waals surface area (Å²) in [5.74, 6) is 1.47. The second-order valence-electron chi connectivity index (χ2n) is 13.1. The van der Waals surface area contributed by atoms with Crippen LogP contribution in [0.3, 0.4) is 0 Å². The molecule has 2 N–H and O–H groups in total. The van der Waals surface area contributed by atoms with Gasteiger partial charge in [0.15, 0.2) is 0 Å². The number of ether oxygens (including phenoxy) is 4. The molecule has 1 unspecified atom stereocenters. The molecule has 4 aromatic carbocycles. The van der Waals surface area contributed by atoms with Crippen LogP contribution in [0.2, 0.25) is 0 Å². The van der Waals surface area contributed by atoms with Crippen LogP contribution in [0.4, 0.5) is 0 Å². The van der Waals surface area contributed by atoms with Crippen molar-refractivity contribution in [3.63, 3.8) is 0 Å². The van der Waals surface area contributed by atoms with Gasteiger partial charge in [-0.3, -0.25) is 19.8 Å². The number of nitrogens with one attached hydrogen (secondary N) is 1. The molecule has 4 aromatic rings. The number of hydrogen-bond acceptors (Lipinski definition) is 8. The van der Waals surface area contributed by atoms with E-state index in [1.165, 1.54) is 22.3 Å². The highest BCUT2D eigenvalue weighted by Gasteiger charge is 2.34. The van der Waals surface area contributed by atoms with Crippen LogP contribution >= 0.6 is 0 Å². The Bertz CT molecular complexity index is 1810. The molecule has 0 spiro atoms. The predicted molar refractivity (Wildman–Crippen MR) is 201 cm³/mol. The summed E-state index contributed by atoms with van der Waals surface area (Å²) < 4.78 is 23.4. The number of nitrogens with zero attached hydrogens (tertiary/aromatic N) is 1. The molecule has 0 bridgehead atoms. The number of piperidine rings is 1. The second kappa shape index (κ2) is 18.5. The quantitative estimate of drug-likeness (QED) is 0.0639. The molecule has 272 valence electrons. The first kappa shape index (κ1) is 36.8. The van der Waals surface area contributed by atoms with Crippen LogP contribution in [-0.2, 0) is 32.2 Å². The first-order valence-corrected chi connectivity index (χ1v) is 18.3. The zero-order chi connectivity index (χ0) is 36.1. The number of phenols is 1. The summed E-state index contributed by atoms with van der Waals surface area (Å²) in [6.07, 6.45) is 3.40. The van der Waals surface area contributed by atoms with E-state index in [1.807, 2.05) is 36.4 Å². The normalized spacial score (nSPS) is 16.3. The van der Waals surface area contributed by atoms with E-state index in [1.54, 1.807) is 12.1 Å². The van der Waals surface area contributed by atoms with Crippen LogP contribution in [0.15, 0.2) is 97.1 Å². The zero-order valence-electron chi connectivity index (χ0n) is 29.9. The molecule has 1 atom stereocenters. The Balaban J connectivity index is 0.847. The van der Waals surface area contributed by atoms with E-state index in [4.69, 9.17) is 18.9 Å². The van der Waals surface area contributed by atoms with Gasteiger partial charge >= 0.3 is 0 Å². The summed E-state index contributed by atoms with van der Waals surface area (Å²) >= 11 is 0. The van der Waals surface area contributed by atoms with E-state index in [2.05, 4.69) is 65.7 Å². The number of carbonyl (C=O) groups is 2. The first-order chi connectivity index (χ1) is 25.5. The highest BCUT2D eigenvalue weighted by molar-refractivity contribution is 6.00. The van der Waals surface area contributed by atoms with E-state index in [9.17, 15) is 14.7 Å². The fraction of sp³-hybridized carbons (Fsp3) is 0.349. The number of aromatic hydroxyl groups is 1. The van der Waals surface area contributed by atoms with Crippen molar-refractivity contribution in [3.8, 4) is 17.2 Å². The summed E-state index contributed by atoms with van der Waals surface area (Å²) in [5, 5.41) is 12.3. The van der Waals surface area contributed by atoms with Gasteiger partial charge in [-0.15, -0.1) is 0 Å². The topological polar surface area (TPSA) is 107 Å². The molecular weight excluding hydrogens is 656 g/mol. The van der Waals surface area contributed by atoms with Gasteiger partial charge in [0.05, 0.1) is 19.3 Å². The van der Waals surface area contributed by atoms with E-state index in [-0.39, 0.29) is 23.6 Å². The number of fused-ring (bicyclic) bond motifs is 1. The van der Waals surface area contributed by atoms with Gasteiger partial charge in [-0.05, 0) is 94.6 Å². The van der Waals surface area contributed by atoms with Crippen molar-refractivity contribution in [1.82, 2.24) is 10.2 Å². The lowest BCUT2D eigenvalue weighted by atomic mass is 9.88. The summed E-state index contributed by atoms with van der Waals surface area (Å²) in [7, 11) is 0. The molecule has 1 fully saturated rings. The maximum Gasteiger partial charge on any atom is 0.243 e. The predicted octanol–water partition coefficient (Wildman–Crippen LogP) is 7.15. The number of allylic oxidation sites excluding steroid dienone is 1. The highest BCUT2D eigenvalue weighted by atomic mass is 16.5. The Morgan fingerprint density at radius 3 is 2.06 bits per heavy atom. The first-order valence-electron chi connectivity index (χ1n) is 18.3. The average molecular weight is 705 g/mol. The SMILES string of the molecule is CCC(=C(c1ccc(O)cc1)c1ccc(OCCOCCCOCCCOc2ccc3c(c2)CN(C2CCC(=O)NC2=O)C3)cc1)c1ccccc1. The van der Waals surface area contributed by atoms with Crippen molar-refractivity contribution in [2.75, 3.05) is 39.6 Å². The van der Waals surface area contributed by atoms with Crippen molar-refractivity contribution >= 4 is 23.0 Å². The third kappa shape index (κ3) is 9.88. The fourth-order valence-corrected chi connectivity index (χ4v) is 6.80. The lowest BCUT2D eigenvalue weighted by Crippen LogP contribution is -2.50. The number of amides is 2. The van der Waals surface area contributed by atoms with Crippen molar-refractivity contribution in [1.29, 1.82) is 0 Å². The van der Waals surface area contributed by atoms with Crippen molar-refractivity contribution in [3.05, 3.63) is 125 Å². The number of phenolic OH excluding ortho intramolecular Hbond substituents is 1. The molecule has 0 aliphatic carbocycles. The van der Waals surface area contributed by atoms with Gasteiger partial charge in [0.1, 0.15) is 23.9 Å². The average Bonchev–Trinajstić information content (AvgIpc) is 3.58. The number of imide groups is 1. The highest BCUT2D eigenvalue weighted by Crippen LogP contribution is 2.36. The number of carbonyl (C=O) groups excluding carboxylic acids is 2. The van der Waals surface area contributed by atoms with E-state index in [0.717, 1.165) is 47.5 Å². The summed E-state index contributed by atoms with van der Waals surface area (Å²) in [4.78, 5) is 25.9. The molecule has 52 heavy (non-hydrogen) atoms.